The molecular weight excluding hydrogens is 600 g/mol. The van der Waals surface area contributed by atoms with E-state index in [1.807, 2.05) is 36.1 Å². The van der Waals surface area contributed by atoms with Crippen LogP contribution in [0.15, 0.2) is 100 Å². The standard InChI is InChI=1S/C36H34N4O7/c1-4-40(34(42)19-24-13-16-37-17-14-24)18-15-23-9-11-25(12-10-23)38-35(43)27-20-31(45-2)32(46-3)21-28(27)39-36(44)33-22-29(41)26-7-5-6-8-30(26)47-33/h5-14,16-17,20-22H,4,15,18-19H2,1-3H3,(H,38,43)(H,39,44). The third-order valence-electron chi connectivity index (χ3n) is 7.60. The van der Waals surface area contributed by atoms with E-state index in [1.165, 1.54) is 26.4 Å². The average molecular weight is 635 g/mol. The van der Waals surface area contributed by atoms with Crippen molar-refractivity contribution in [3.8, 4) is 11.5 Å². The maximum Gasteiger partial charge on any atom is 0.291 e. The van der Waals surface area contributed by atoms with Crippen LogP contribution < -0.4 is 25.5 Å². The van der Waals surface area contributed by atoms with Crippen LogP contribution in [0.2, 0.25) is 0 Å². The first-order valence-electron chi connectivity index (χ1n) is 15.0. The van der Waals surface area contributed by atoms with Crippen molar-refractivity contribution in [1.29, 1.82) is 0 Å². The van der Waals surface area contributed by atoms with E-state index in [-0.39, 0.29) is 45.4 Å². The smallest absolute Gasteiger partial charge is 0.291 e. The summed E-state index contributed by atoms with van der Waals surface area (Å²) in [5.74, 6) is -0.854. The average Bonchev–Trinajstić information content (AvgIpc) is 3.09. The van der Waals surface area contributed by atoms with Crippen LogP contribution in [0.4, 0.5) is 11.4 Å². The summed E-state index contributed by atoms with van der Waals surface area (Å²) >= 11 is 0. The van der Waals surface area contributed by atoms with Gasteiger partial charge in [-0.25, -0.2) is 0 Å². The van der Waals surface area contributed by atoms with Crippen LogP contribution in [0.3, 0.4) is 0 Å². The maximum atomic E-state index is 13.5. The van der Waals surface area contributed by atoms with E-state index in [0.717, 1.165) is 17.2 Å². The molecule has 240 valence electrons. The number of hydrogen-bond acceptors (Lipinski definition) is 8. The number of aromatic nitrogens is 1. The van der Waals surface area contributed by atoms with Crippen molar-refractivity contribution in [2.45, 2.75) is 19.8 Å². The van der Waals surface area contributed by atoms with Gasteiger partial charge in [-0.3, -0.25) is 24.2 Å². The van der Waals surface area contributed by atoms with Crippen LogP contribution in [-0.2, 0) is 17.6 Å². The van der Waals surface area contributed by atoms with E-state index >= 15 is 0 Å². The van der Waals surface area contributed by atoms with E-state index in [9.17, 15) is 19.2 Å². The number of benzene rings is 3. The Bertz CT molecular complexity index is 1960. The summed E-state index contributed by atoms with van der Waals surface area (Å²) in [4.78, 5) is 57.9. The van der Waals surface area contributed by atoms with Crippen molar-refractivity contribution in [1.82, 2.24) is 9.88 Å². The molecule has 3 amide bonds. The fourth-order valence-electron chi connectivity index (χ4n) is 5.03. The van der Waals surface area contributed by atoms with Gasteiger partial charge < -0.3 is 29.4 Å². The van der Waals surface area contributed by atoms with E-state index in [2.05, 4.69) is 15.6 Å². The Morgan fingerprint density at radius 2 is 1.53 bits per heavy atom. The molecule has 0 saturated heterocycles. The number of hydrogen-bond donors (Lipinski definition) is 2. The third-order valence-corrected chi connectivity index (χ3v) is 7.60. The maximum absolute atomic E-state index is 13.5. The molecule has 2 N–H and O–H groups in total. The summed E-state index contributed by atoms with van der Waals surface area (Å²) in [5, 5.41) is 5.87. The van der Waals surface area contributed by atoms with Crippen molar-refractivity contribution in [3.63, 3.8) is 0 Å². The molecule has 0 aliphatic rings. The predicted molar refractivity (Wildman–Crippen MR) is 178 cm³/mol. The zero-order valence-electron chi connectivity index (χ0n) is 26.2. The number of nitrogens with zero attached hydrogens (tertiary/aromatic N) is 2. The first-order valence-corrected chi connectivity index (χ1v) is 15.0. The highest BCUT2D eigenvalue weighted by Crippen LogP contribution is 2.34. The topological polar surface area (TPSA) is 140 Å². The van der Waals surface area contributed by atoms with Gasteiger partial charge in [-0.05, 0) is 66.9 Å². The Kier molecular flexibility index (Phi) is 10.3. The van der Waals surface area contributed by atoms with Gasteiger partial charge in [0.05, 0.1) is 37.3 Å². The molecule has 0 saturated carbocycles. The molecule has 47 heavy (non-hydrogen) atoms. The number of amides is 3. The molecule has 0 aliphatic heterocycles. The molecule has 11 heteroatoms. The minimum absolute atomic E-state index is 0.0446. The van der Waals surface area contributed by atoms with Crippen LogP contribution in [0, 0.1) is 0 Å². The van der Waals surface area contributed by atoms with Gasteiger partial charge in [0.25, 0.3) is 11.8 Å². The molecule has 2 heterocycles. The Morgan fingerprint density at radius 1 is 0.830 bits per heavy atom. The zero-order valence-corrected chi connectivity index (χ0v) is 26.2. The van der Waals surface area contributed by atoms with Gasteiger partial charge in [-0.15, -0.1) is 0 Å². The zero-order chi connectivity index (χ0) is 33.3. The number of pyridine rings is 1. The lowest BCUT2D eigenvalue weighted by atomic mass is 10.1. The van der Waals surface area contributed by atoms with Gasteiger partial charge in [-0.2, -0.15) is 0 Å². The van der Waals surface area contributed by atoms with E-state index in [0.29, 0.717) is 37.0 Å². The molecule has 0 fully saturated rings. The molecule has 0 radical (unpaired) electrons. The molecular formula is C36H34N4O7. The second-order valence-electron chi connectivity index (χ2n) is 10.6. The highest BCUT2D eigenvalue weighted by molar-refractivity contribution is 6.12. The monoisotopic (exact) mass is 634 g/mol. The SMILES string of the molecule is CCN(CCc1ccc(NC(=O)c2cc(OC)c(OC)cc2NC(=O)c2cc(=O)c3ccccc3o2)cc1)C(=O)Cc1ccncc1. The third kappa shape index (κ3) is 7.82. The van der Waals surface area contributed by atoms with Gasteiger partial charge in [0.2, 0.25) is 5.91 Å². The largest absolute Gasteiger partial charge is 0.493 e. The summed E-state index contributed by atoms with van der Waals surface area (Å²) in [6.07, 6.45) is 4.31. The second kappa shape index (κ2) is 14.9. The summed E-state index contributed by atoms with van der Waals surface area (Å²) < 4.78 is 16.5. The fraction of sp³-hybridized carbons (Fsp3) is 0.194. The number of carbonyl (C=O) groups is 3. The number of rotatable bonds is 12. The van der Waals surface area contributed by atoms with Gasteiger partial charge in [0.1, 0.15) is 5.58 Å². The molecule has 0 spiro atoms. The Morgan fingerprint density at radius 3 is 2.23 bits per heavy atom. The minimum Gasteiger partial charge on any atom is -0.493 e. The van der Waals surface area contributed by atoms with Crippen molar-refractivity contribution in [2.24, 2.45) is 0 Å². The lowest BCUT2D eigenvalue weighted by molar-refractivity contribution is -0.130. The number of para-hydroxylation sites is 1. The number of carbonyl (C=O) groups excluding carboxylic acids is 3. The normalized spacial score (nSPS) is 10.7. The van der Waals surface area contributed by atoms with E-state index < -0.39 is 11.8 Å². The highest BCUT2D eigenvalue weighted by atomic mass is 16.5. The van der Waals surface area contributed by atoms with Crippen molar-refractivity contribution < 1.29 is 28.3 Å². The molecule has 11 nitrogen and oxygen atoms in total. The second-order valence-corrected chi connectivity index (χ2v) is 10.6. The number of fused-ring (bicyclic) bond motifs is 1. The quantitative estimate of drug-likeness (QED) is 0.187. The molecule has 3 aromatic carbocycles. The predicted octanol–water partition coefficient (Wildman–Crippen LogP) is 5.34. The molecule has 5 aromatic rings. The van der Waals surface area contributed by atoms with Gasteiger partial charge in [-0.1, -0.05) is 24.3 Å². The molecule has 0 atom stereocenters. The summed E-state index contributed by atoms with van der Waals surface area (Å²) in [6.45, 7) is 3.10. The number of methoxy groups -OCH3 is 2. The Hall–Kier alpha value is -5.97. The van der Waals surface area contributed by atoms with Crippen LogP contribution in [0.25, 0.3) is 11.0 Å². The van der Waals surface area contributed by atoms with Crippen molar-refractivity contribution in [3.05, 3.63) is 124 Å². The summed E-state index contributed by atoms with van der Waals surface area (Å²) in [7, 11) is 2.87. The van der Waals surface area contributed by atoms with Crippen LogP contribution in [0.1, 0.15) is 39.0 Å². The lowest BCUT2D eigenvalue weighted by Crippen LogP contribution is -2.33. The lowest BCUT2D eigenvalue weighted by Gasteiger charge is -2.21. The van der Waals surface area contributed by atoms with Crippen molar-refractivity contribution in [2.75, 3.05) is 37.9 Å². The number of nitrogens with one attached hydrogen (secondary N) is 2. The summed E-state index contributed by atoms with van der Waals surface area (Å²) in [5.41, 5.74) is 2.54. The molecule has 0 unspecified atom stereocenters. The van der Waals surface area contributed by atoms with Crippen LogP contribution in [0.5, 0.6) is 11.5 Å². The Labute approximate surface area is 271 Å². The number of ether oxygens (including phenoxy) is 2. The Balaban J connectivity index is 1.29. The molecule has 0 aliphatic carbocycles. The fourth-order valence-corrected chi connectivity index (χ4v) is 5.03. The summed E-state index contributed by atoms with van der Waals surface area (Å²) in [6, 6.07) is 21.6. The van der Waals surface area contributed by atoms with Gasteiger partial charge in [0, 0.05) is 43.3 Å². The number of anilines is 2. The molecule has 0 bridgehead atoms. The highest BCUT2D eigenvalue weighted by Gasteiger charge is 2.21. The molecule has 5 rings (SSSR count). The van der Waals surface area contributed by atoms with Gasteiger partial charge >= 0.3 is 0 Å². The first kappa shape index (κ1) is 32.4. The van der Waals surface area contributed by atoms with Crippen molar-refractivity contribution >= 4 is 40.1 Å². The van der Waals surface area contributed by atoms with Crippen LogP contribution >= 0.6 is 0 Å². The van der Waals surface area contributed by atoms with E-state index in [4.69, 9.17) is 13.9 Å². The number of likely N-dealkylation sites (N-methyl/N-ethyl adjacent to an activating group) is 1. The van der Waals surface area contributed by atoms with Crippen LogP contribution in [-0.4, -0.2) is 54.9 Å². The first-order chi connectivity index (χ1) is 22.8. The molecule has 2 aromatic heterocycles. The van der Waals surface area contributed by atoms with Gasteiger partial charge in [0.15, 0.2) is 22.7 Å². The minimum atomic E-state index is -0.723. The van der Waals surface area contributed by atoms with E-state index in [1.54, 1.807) is 48.8 Å².